The van der Waals surface area contributed by atoms with Crippen LogP contribution in [-0.4, -0.2) is 17.7 Å². The van der Waals surface area contributed by atoms with Crippen molar-refractivity contribution in [1.82, 2.24) is 4.98 Å². The van der Waals surface area contributed by atoms with Gasteiger partial charge in [0, 0.05) is 12.8 Å². The number of pyridine rings is 1. The van der Waals surface area contributed by atoms with Crippen LogP contribution in [0.15, 0.2) is 18.3 Å². The van der Waals surface area contributed by atoms with E-state index in [0.717, 1.165) is 18.6 Å². The Kier molecular flexibility index (Phi) is 6.73. The zero-order valence-corrected chi connectivity index (χ0v) is 11.9. The number of nitrogens with two attached hydrogens (primary N) is 1. The molecule has 0 aliphatic carbocycles. The zero-order valence-electron chi connectivity index (χ0n) is 11.9. The van der Waals surface area contributed by atoms with Gasteiger partial charge < -0.3 is 10.5 Å². The lowest BCUT2D eigenvalue weighted by Gasteiger charge is -2.05. The smallest absolute Gasteiger partial charge is 0.126 e. The van der Waals surface area contributed by atoms with Crippen molar-refractivity contribution in [1.29, 1.82) is 0 Å². The molecule has 0 aromatic carbocycles. The van der Waals surface area contributed by atoms with E-state index in [0.29, 0.717) is 17.8 Å². The highest BCUT2D eigenvalue weighted by Gasteiger charge is 2.11. The third kappa shape index (κ3) is 5.50. The van der Waals surface area contributed by atoms with E-state index in [-0.39, 0.29) is 0 Å². The van der Waals surface area contributed by atoms with E-state index in [2.05, 4.69) is 25.8 Å². The molecule has 102 valence electrons. The van der Waals surface area contributed by atoms with Gasteiger partial charge in [0.1, 0.15) is 5.82 Å². The average Bonchev–Trinajstić information content (AvgIpc) is 2.85. The molecule has 1 fully saturated rings. The molecule has 0 spiro atoms. The Morgan fingerprint density at radius 1 is 1.50 bits per heavy atom. The summed E-state index contributed by atoms with van der Waals surface area (Å²) in [6.07, 6.45) is 7.09. The van der Waals surface area contributed by atoms with Gasteiger partial charge in [-0.3, -0.25) is 0 Å². The van der Waals surface area contributed by atoms with Gasteiger partial charge in [-0.15, -0.1) is 0 Å². The molecule has 1 atom stereocenters. The number of nitrogen functional groups attached to an aromatic ring is 1. The Labute approximate surface area is 111 Å². The second-order valence-electron chi connectivity index (χ2n) is 5.19. The summed E-state index contributed by atoms with van der Waals surface area (Å²) >= 11 is 0. The monoisotopic (exact) mass is 250 g/mol. The summed E-state index contributed by atoms with van der Waals surface area (Å²) in [7, 11) is 0. The second-order valence-corrected chi connectivity index (χ2v) is 5.19. The largest absolute Gasteiger partial charge is 0.383 e. The molecule has 0 amide bonds. The van der Waals surface area contributed by atoms with Crippen molar-refractivity contribution in [2.45, 2.75) is 52.6 Å². The summed E-state index contributed by atoms with van der Waals surface area (Å²) in [5.74, 6) is 1.31. The molecule has 1 unspecified atom stereocenters. The molecule has 1 aromatic heterocycles. The van der Waals surface area contributed by atoms with Crippen LogP contribution in [0.4, 0.5) is 5.82 Å². The van der Waals surface area contributed by atoms with E-state index < -0.39 is 0 Å². The first-order valence-corrected chi connectivity index (χ1v) is 6.94. The van der Waals surface area contributed by atoms with Crippen molar-refractivity contribution in [3.63, 3.8) is 0 Å². The summed E-state index contributed by atoms with van der Waals surface area (Å²) in [5.41, 5.74) is 6.81. The van der Waals surface area contributed by atoms with Gasteiger partial charge in [0.15, 0.2) is 0 Å². The maximum Gasteiger partial charge on any atom is 0.126 e. The highest BCUT2D eigenvalue weighted by molar-refractivity contribution is 5.38. The maximum absolute atomic E-state index is 5.66. The van der Waals surface area contributed by atoms with Crippen LogP contribution in [0.25, 0.3) is 0 Å². The SMILES string of the molecule is CC(C)Cc1cccnc1N.CCC1CCCO1. The van der Waals surface area contributed by atoms with Crippen LogP contribution in [0.1, 0.15) is 45.6 Å². The maximum atomic E-state index is 5.66. The van der Waals surface area contributed by atoms with Gasteiger partial charge in [-0.05, 0) is 43.2 Å². The minimum absolute atomic E-state index is 0.597. The molecule has 0 radical (unpaired) electrons. The predicted molar refractivity (Wildman–Crippen MR) is 76.5 cm³/mol. The molecule has 2 heterocycles. The van der Waals surface area contributed by atoms with Gasteiger partial charge in [-0.1, -0.05) is 26.8 Å². The van der Waals surface area contributed by atoms with Crippen molar-refractivity contribution in [2.75, 3.05) is 12.3 Å². The van der Waals surface area contributed by atoms with E-state index >= 15 is 0 Å². The molecule has 0 saturated carbocycles. The highest BCUT2D eigenvalue weighted by Crippen LogP contribution is 2.13. The minimum Gasteiger partial charge on any atom is -0.383 e. The Morgan fingerprint density at radius 3 is 2.72 bits per heavy atom. The second kappa shape index (κ2) is 8.09. The van der Waals surface area contributed by atoms with Crippen molar-refractivity contribution < 1.29 is 4.74 Å². The topological polar surface area (TPSA) is 48.1 Å². The van der Waals surface area contributed by atoms with Crippen LogP contribution < -0.4 is 5.73 Å². The molecule has 1 saturated heterocycles. The van der Waals surface area contributed by atoms with Crippen LogP contribution in [0.2, 0.25) is 0 Å². The number of aromatic nitrogens is 1. The molecule has 2 N–H and O–H groups in total. The lowest BCUT2D eigenvalue weighted by atomic mass is 10.0. The third-order valence-corrected chi connectivity index (χ3v) is 3.03. The third-order valence-electron chi connectivity index (χ3n) is 3.03. The summed E-state index contributed by atoms with van der Waals surface area (Å²) in [6, 6.07) is 3.95. The van der Waals surface area contributed by atoms with Gasteiger partial charge >= 0.3 is 0 Å². The first kappa shape index (κ1) is 15.0. The zero-order chi connectivity index (χ0) is 13.4. The first-order valence-electron chi connectivity index (χ1n) is 6.94. The Hall–Kier alpha value is -1.09. The molecule has 3 heteroatoms. The Morgan fingerprint density at radius 2 is 2.28 bits per heavy atom. The van der Waals surface area contributed by atoms with Crippen LogP contribution in [0, 0.1) is 5.92 Å². The van der Waals surface area contributed by atoms with Gasteiger partial charge in [0.25, 0.3) is 0 Å². The number of hydrogen-bond acceptors (Lipinski definition) is 3. The van der Waals surface area contributed by atoms with Gasteiger partial charge in [0.05, 0.1) is 6.10 Å². The van der Waals surface area contributed by atoms with Crippen molar-refractivity contribution in [3.8, 4) is 0 Å². The van der Waals surface area contributed by atoms with Gasteiger partial charge in [0.2, 0.25) is 0 Å². The summed E-state index contributed by atoms with van der Waals surface area (Å²) < 4.78 is 5.30. The molecule has 3 nitrogen and oxygen atoms in total. The molecule has 0 bridgehead atoms. The van der Waals surface area contributed by atoms with Crippen molar-refractivity contribution in [2.24, 2.45) is 5.92 Å². The van der Waals surface area contributed by atoms with Crippen LogP contribution in [-0.2, 0) is 11.2 Å². The lowest BCUT2D eigenvalue weighted by molar-refractivity contribution is 0.108. The molecule has 1 aliphatic rings. The summed E-state index contributed by atoms with van der Waals surface area (Å²) in [6.45, 7) is 7.52. The fourth-order valence-electron chi connectivity index (χ4n) is 2.03. The van der Waals surface area contributed by atoms with Gasteiger partial charge in [-0.2, -0.15) is 0 Å². The molecular formula is C15H26N2O. The fraction of sp³-hybridized carbons (Fsp3) is 0.667. The lowest BCUT2D eigenvalue weighted by Crippen LogP contribution is -2.00. The van der Waals surface area contributed by atoms with E-state index in [1.807, 2.05) is 12.1 Å². The van der Waals surface area contributed by atoms with Crippen molar-refractivity contribution >= 4 is 5.82 Å². The molecular weight excluding hydrogens is 224 g/mol. The van der Waals surface area contributed by atoms with Crippen LogP contribution >= 0.6 is 0 Å². The molecule has 18 heavy (non-hydrogen) atoms. The fourth-order valence-corrected chi connectivity index (χ4v) is 2.03. The molecule has 1 aromatic rings. The van der Waals surface area contributed by atoms with E-state index in [1.165, 1.54) is 19.3 Å². The number of anilines is 1. The number of nitrogens with zero attached hydrogens (tertiary/aromatic N) is 1. The normalized spacial score (nSPS) is 18.6. The molecule has 2 rings (SSSR count). The van der Waals surface area contributed by atoms with Crippen molar-refractivity contribution in [3.05, 3.63) is 23.9 Å². The highest BCUT2D eigenvalue weighted by atomic mass is 16.5. The van der Waals surface area contributed by atoms with Crippen LogP contribution in [0.5, 0.6) is 0 Å². The minimum atomic E-state index is 0.597. The summed E-state index contributed by atoms with van der Waals surface area (Å²) in [5, 5.41) is 0. The molecule has 1 aliphatic heterocycles. The van der Waals surface area contributed by atoms with E-state index in [4.69, 9.17) is 10.5 Å². The van der Waals surface area contributed by atoms with E-state index in [9.17, 15) is 0 Å². The average molecular weight is 250 g/mol. The number of ether oxygens (including phenoxy) is 1. The Bertz CT molecular complexity index is 333. The predicted octanol–water partition coefficient (Wildman–Crippen LogP) is 3.44. The van der Waals surface area contributed by atoms with E-state index in [1.54, 1.807) is 6.20 Å². The summed E-state index contributed by atoms with van der Waals surface area (Å²) in [4.78, 5) is 4.01. The first-order chi connectivity index (χ1) is 8.63. The van der Waals surface area contributed by atoms with Crippen LogP contribution in [0.3, 0.4) is 0 Å². The quantitative estimate of drug-likeness (QED) is 0.894. The van der Waals surface area contributed by atoms with Gasteiger partial charge in [-0.25, -0.2) is 4.98 Å². The number of rotatable bonds is 3. The number of hydrogen-bond donors (Lipinski definition) is 1. The Balaban J connectivity index is 0.000000199. The standard InChI is InChI=1S/C9H14N2.C6H12O/c1-7(2)6-8-4-3-5-11-9(8)10;1-2-6-4-3-5-7-6/h3-5,7H,6H2,1-2H3,(H2,10,11);6H,2-5H2,1H3.